The number of hydrogen-bond acceptors (Lipinski definition) is 4. The zero-order valence-electron chi connectivity index (χ0n) is 10.1. The molecule has 0 saturated carbocycles. The number of aromatic nitrogens is 2. The molecule has 100 valence electrons. The highest BCUT2D eigenvalue weighted by Crippen LogP contribution is 2.28. The number of morpholine rings is 1. The molecule has 1 fully saturated rings. The zero-order chi connectivity index (χ0) is 13.3. The Labute approximate surface area is 103 Å². The van der Waals surface area contributed by atoms with Crippen LogP contribution in [0.5, 0.6) is 0 Å². The molecule has 4 nitrogen and oxygen atoms in total. The molecule has 7 heteroatoms. The molecule has 0 aromatic carbocycles. The Morgan fingerprint density at radius 3 is 2.44 bits per heavy atom. The van der Waals surface area contributed by atoms with Crippen LogP contribution in [0.25, 0.3) is 0 Å². The van der Waals surface area contributed by atoms with Crippen molar-refractivity contribution in [3.8, 4) is 0 Å². The Balaban J connectivity index is 2.23. The van der Waals surface area contributed by atoms with E-state index in [1.807, 2.05) is 13.8 Å². The lowest BCUT2D eigenvalue weighted by Crippen LogP contribution is -2.46. The minimum Gasteiger partial charge on any atom is -0.372 e. The molecule has 0 N–H and O–H groups in total. The second-order valence-electron chi connectivity index (χ2n) is 4.40. The summed E-state index contributed by atoms with van der Waals surface area (Å²) in [4.78, 5) is 9.19. The molecule has 1 aliphatic rings. The van der Waals surface area contributed by atoms with Crippen LogP contribution in [0.3, 0.4) is 0 Å². The minimum absolute atomic E-state index is 0.0492. The van der Waals surface area contributed by atoms with Crippen molar-refractivity contribution >= 4 is 5.95 Å². The van der Waals surface area contributed by atoms with Crippen molar-refractivity contribution in [2.75, 3.05) is 18.0 Å². The van der Waals surface area contributed by atoms with E-state index in [4.69, 9.17) is 4.74 Å². The highest BCUT2D eigenvalue weighted by atomic mass is 19.4. The van der Waals surface area contributed by atoms with E-state index in [0.29, 0.717) is 13.1 Å². The molecule has 1 aliphatic heterocycles. The molecule has 1 saturated heterocycles. The molecule has 2 atom stereocenters. The molecule has 1 aromatic heterocycles. The van der Waals surface area contributed by atoms with E-state index in [1.165, 1.54) is 0 Å². The highest BCUT2D eigenvalue weighted by molar-refractivity contribution is 5.32. The average Bonchev–Trinajstić information content (AvgIpc) is 2.27. The van der Waals surface area contributed by atoms with Gasteiger partial charge in [0.05, 0.1) is 12.2 Å². The summed E-state index contributed by atoms with van der Waals surface area (Å²) in [5.74, 6) is 0.104. The number of ether oxygens (including phenoxy) is 1. The van der Waals surface area contributed by atoms with Crippen molar-refractivity contribution in [2.24, 2.45) is 0 Å². The first-order valence-corrected chi connectivity index (χ1v) is 5.67. The van der Waals surface area contributed by atoms with Crippen LogP contribution < -0.4 is 4.90 Å². The second-order valence-corrected chi connectivity index (χ2v) is 4.40. The lowest BCUT2D eigenvalue weighted by atomic mass is 10.2. The van der Waals surface area contributed by atoms with Crippen LogP contribution in [-0.2, 0) is 10.9 Å². The smallest absolute Gasteiger partial charge is 0.372 e. The number of nitrogens with zero attached hydrogens (tertiary/aromatic N) is 3. The average molecular weight is 261 g/mol. The first-order valence-electron chi connectivity index (χ1n) is 5.67. The molecule has 0 bridgehead atoms. The molecular weight excluding hydrogens is 247 g/mol. The second kappa shape index (κ2) is 4.72. The summed E-state index contributed by atoms with van der Waals surface area (Å²) in [5.41, 5.74) is -0.917. The summed E-state index contributed by atoms with van der Waals surface area (Å²) in [6.45, 7) is 4.73. The van der Waals surface area contributed by atoms with Crippen LogP contribution in [0.4, 0.5) is 19.1 Å². The number of anilines is 1. The predicted molar refractivity (Wildman–Crippen MR) is 59.3 cm³/mol. The summed E-state index contributed by atoms with van der Waals surface area (Å²) in [6, 6.07) is 0.872. The van der Waals surface area contributed by atoms with Crippen molar-refractivity contribution in [1.82, 2.24) is 9.97 Å². The van der Waals surface area contributed by atoms with E-state index >= 15 is 0 Å². The fraction of sp³-hybridized carbons (Fsp3) is 0.636. The monoisotopic (exact) mass is 261 g/mol. The van der Waals surface area contributed by atoms with Crippen LogP contribution in [0.1, 0.15) is 19.5 Å². The standard InChI is InChI=1S/C11H14F3N3O/c1-7-5-17(6-8(2)18-7)10-15-4-3-9(16-10)11(12,13)14/h3-4,7-8H,5-6H2,1-2H3. The van der Waals surface area contributed by atoms with Gasteiger partial charge in [0.15, 0.2) is 0 Å². The fourth-order valence-electron chi connectivity index (χ4n) is 2.00. The molecule has 0 aliphatic carbocycles. The SMILES string of the molecule is CC1CN(c2nccc(C(F)(F)F)n2)CC(C)O1. The van der Waals surface area contributed by atoms with Crippen LogP contribution in [0, 0.1) is 0 Å². The molecule has 2 unspecified atom stereocenters. The molecule has 0 radical (unpaired) electrons. The molecule has 2 rings (SSSR count). The van der Waals surface area contributed by atoms with Crippen LogP contribution in [-0.4, -0.2) is 35.3 Å². The normalized spacial score (nSPS) is 25.3. The van der Waals surface area contributed by atoms with Crippen molar-refractivity contribution in [3.05, 3.63) is 18.0 Å². The Bertz CT molecular complexity index is 414. The first-order chi connectivity index (χ1) is 8.36. The Hall–Kier alpha value is -1.37. The van der Waals surface area contributed by atoms with Gasteiger partial charge in [-0.3, -0.25) is 0 Å². The molecule has 0 spiro atoms. The summed E-state index contributed by atoms with van der Waals surface area (Å²) in [6.07, 6.45) is -3.41. The Kier molecular flexibility index (Phi) is 3.43. The topological polar surface area (TPSA) is 38.2 Å². The molecular formula is C11H14F3N3O. The Morgan fingerprint density at radius 1 is 1.28 bits per heavy atom. The quantitative estimate of drug-likeness (QED) is 0.776. The fourth-order valence-corrected chi connectivity index (χ4v) is 2.00. The van der Waals surface area contributed by atoms with Gasteiger partial charge in [-0.2, -0.15) is 13.2 Å². The maximum Gasteiger partial charge on any atom is 0.433 e. The number of rotatable bonds is 1. The third kappa shape index (κ3) is 2.90. The largest absolute Gasteiger partial charge is 0.433 e. The van der Waals surface area contributed by atoms with Gasteiger partial charge in [0.25, 0.3) is 0 Å². The van der Waals surface area contributed by atoms with Crippen LogP contribution in [0.2, 0.25) is 0 Å². The van der Waals surface area contributed by atoms with Gasteiger partial charge >= 0.3 is 6.18 Å². The maximum absolute atomic E-state index is 12.6. The van der Waals surface area contributed by atoms with Crippen LogP contribution in [0.15, 0.2) is 12.3 Å². The van der Waals surface area contributed by atoms with Gasteiger partial charge in [-0.15, -0.1) is 0 Å². The van der Waals surface area contributed by atoms with Gasteiger partial charge in [-0.25, -0.2) is 9.97 Å². The van der Waals surface area contributed by atoms with E-state index < -0.39 is 11.9 Å². The minimum atomic E-state index is -4.44. The molecule has 18 heavy (non-hydrogen) atoms. The van der Waals surface area contributed by atoms with E-state index in [1.54, 1.807) is 4.90 Å². The van der Waals surface area contributed by atoms with Crippen molar-refractivity contribution in [1.29, 1.82) is 0 Å². The van der Waals surface area contributed by atoms with E-state index in [-0.39, 0.29) is 18.2 Å². The predicted octanol–water partition coefficient (Wildman–Crippen LogP) is 2.11. The third-order valence-corrected chi connectivity index (χ3v) is 2.64. The summed E-state index contributed by atoms with van der Waals surface area (Å²) in [5, 5.41) is 0. The maximum atomic E-state index is 12.6. The first kappa shape index (κ1) is 13.1. The summed E-state index contributed by atoms with van der Waals surface area (Å²) < 4.78 is 43.2. The van der Waals surface area contributed by atoms with E-state index in [2.05, 4.69) is 9.97 Å². The van der Waals surface area contributed by atoms with Crippen molar-refractivity contribution in [2.45, 2.75) is 32.2 Å². The molecule has 1 aromatic rings. The lowest BCUT2D eigenvalue weighted by Gasteiger charge is -2.35. The van der Waals surface area contributed by atoms with Gasteiger partial charge in [0.1, 0.15) is 5.69 Å². The van der Waals surface area contributed by atoms with Crippen molar-refractivity contribution in [3.63, 3.8) is 0 Å². The van der Waals surface area contributed by atoms with Crippen molar-refractivity contribution < 1.29 is 17.9 Å². The highest BCUT2D eigenvalue weighted by Gasteiger charge is 2.34. The Morgan fingerprint density at radius 2 is 1.89 bits per heavy atom. The van der Waals surface area contributed by atoms with Gasteiger partial charge in [-0.1, -0.05) is 0 Å². The number of alkyl halides is 3. The summed E-state index contributed by atoms with van der Waals surface area (Å²) in [7, 11) is 0. The number of halogens is 3. The van der Waals surface area contributed by atoms with Crippen LogP contribution >= 0.6 is 0 Å². The number of hydrogen-bond donors (Lipinski definition) is 0. The third-order valence-electron chi connectivity index (χ3n) is 2.64. The zero-order valence-corrected chi connectivity index (χ0v) is 10.1. The van der Waals surface area contributed by atoms with E-state index in [9.17, 15) is 13.2 Å². The lowest BCUT2D eigenvalue weighted by molar-refractivity contribution is -0.141. The van der Waals surface area contributed by atoms with Gasteiger partial charge in [-0.05, 0) is 19.9 Å². The van der Waals surface area contributed by atoms with Gasteiger partial charge in [0.2, 0.25) is 5.95 Å². The van der Waals surface area contributed by atoms with E-state index in [0.717, 1.165) is 12.3 Å². The summed E-state index contributed by atoms with van der Waals surface area (Å²) >= 11 is 0. The molecule has 2 heterocycles. The van der Waals surface area contributed by atoms with Gasteiger partial charge in [0, 0.05) is 19.3 Å². The molecule has 0 amide bonds. The van der Waals surface area contributed by atoms with Gasteiger partial charge < -0.3 is 9.64 Å².